The number of nitrogens with two attached hydrogens (primary N) is 1. The molecule has 0 radical (unpaired) electrons. The molecule has 1 amide bonds. The van der Waals surface area contributed by atoms with Gasteiger partial charge in [0.25, 0.3) is 5.91 Å². The maximum absolute atomic E-state index is 12.8. The van der Waals surface area contributed by atoms with Gasteiger partial charge in [-0.2, -0.15) is 0 Å². The van der Waals surface area contributed by atoms with E-state index in [-0.39, 0.29) is 18.1 Å². The van der Waals surface area contributed by atoms with Gasteiger partial charge in [-0.1, -0.05) is 37.3 Å². The van der Waals surface area contributed by atoms with E-state index in [1.54, 1.807) is 12.1 Å². The van der Waals surface area contributed by atoms with E-state index >= 15 is 0 Å². The highest BCUT2D eigenvalue weighted by Crippen LogP contribution is 2.36. The SMILES string of the molecule is CCC1Oc2ccc(N)nc2N(C(CCc2ccccc2)C(=O)O)C1=O. The lowest BCUT2D eigenvalue weighted by Crippen LogP contribution is -2.54. The number of carbonyl (C=O) groups excluding carboxylic acids is 1. The number of ether oxygens (including phenoxy) is 1. The number of nitrogens with zero attached hydrogens (tertiary/aromatic N) is 2. The van der Waals surface area contributed by atoms with Gasteiger partial charge in [-0.25, -0.2) is 9.78 Å². The van der Waals surface area contributed by atoms with Gasteiger partial charge < -0.3 is 15.6 Å². The van der Waals surface area contributed by atoms with E-state index in [4.69, 9.17) is 10.5 Å². The molecule has 7 heteroatoms. The predicted octanol–water partition coefficient (Wildman–Crippen LogP) is 2.25. The minimum Gasteiger partial charge on any atom is -0.480 e. The first-order valence-corrected chi connectivity index (χ1v) is 8.54. The Morgan fingerprint density at radius 2 is 2.04 bits per heavy atom. The fraction of sp³-hybridized carbons (Fsp3) is 0.316. The van der Waals surface area contributed by atoms with Gasteiger partial charge in [0.05, 0.1) is 0 Å². The highest BCUT2D eigenvalue weighted by atomic mass is 16.5. The van der Waals surface area contributed by atoms with Gasteiger partial charge in [0, 0.05) is 0 Å². The molecular weight excluding hydrogens is 334 g/mol. The Morgan fingerprint density at radius 3 is 2.69 bits per heavy atom. The average molecular weight is 355 g/mol. The third-order valence-electron chi connectivity index (χ3n) is 4.39. The van der Waals surface area contributed by atoms with Crippen molar-refractivity contribution < 1.29 is 19.4 Å². The lowest BCUT2D eigenvalue weighted by Gasteiger charge is -2.36. The Balaban J connectivity index is 1.95. The summed E-state index contributed by atoms with van der Waals surface area (Å²) in [5.41, 5.74) is 6.75. The van der Waals surface area contributed by atoms with Crippen molar-refractivity contribution in [3.05, 3.63) is 48.0 Å². The number of fused-ring (bicyclic) bond motifs is 1. The van der Waals surface area contributed by atoms with Crippen LogP contribution in [0.1, 0.15) is 25.3 Å². The second-order valence-electron chi connectivity index (χ2n) is 6.16. The zero-order valence-corrected chi connectivity index (χ0v) is 14.5. The van der Waals surface area contributed by atoms with Gasteiger partial charge in [-0.15, -0.1) is 0 Å². The van der Waals surface area contributed by atoms with Crippen molar-refractivity contribution in [2.45, 2.75) is 38.3 Å². The van der Waals surface area contributed by atoms with Crippen LogP contribution in [0.25, 0.3) is 0 Å². The molecule has 0 spiro atoms. The van der Waals surface area contributed by atoms with E-state index < -0.39 is 24.0 Å². The molecule has 1 aromatic carbocycles. The maximum Gasteiger partial charge on any atom is 0.326 e. The topological polar surface area (TPSA) is 106 Å². The fourth-order valence-electron chi connectivity index (χ4n) is 3.05. The van der Waals surface area contributed by atoms with Crippen LogP contribution < -0.4 is 15.4 Å². The van der Waals surface area contributed by atoms with Crippen molar-refractivity contribution in [2.24, 2.45) is 0 Å². The lowest BCUT2D eigenvalue weighted by molar-refractivity contribution is -0.141. The number of amides is 1. The van der Waals surface area contributed by atoms with Crippen LogP contribution >= 0.6 is 0 Å². The van der Waals surface area contributed by atoms with Crippen LogP contribution in [-0.2, 0) is 16.0 Å². The van der Waals surface area contributed by atoms with E-state index in [1.807, 2.05) is 37.3 Å². The van der Waals surface area contributed by atoms with Gasteiger partial charge >= 0.3 is 5.97 Å². The Bertz CT molecular complexity index is 810. The second-order valence-corrected chi connectivity index (χ2v) is 6.16. The highest BCUT2D eigenvalue weighted by molar-refractivity contribution is 6.03. The van der Waals surface area contributed by atoms with E-state index in [9.17, 15) is 14.7 Å². The number of benzene rings is 1. The molecule has 2 heterocycles. The third-order valence-corrected chi connectivity index (χ3v) is 4.39. The summed E-state index contributed by atoms with van der Waals surface area (Å²) < 4.78 is 5.67. The number of carboxylic acids is 1. The molecule has 0 aliphatic carbocycles. The van der Waals surface area contributed by atoms with Crippen molar-refractivity contribution in [3.63, 3.8) is 0 Å². The summed E-state index contributed by atoms with van der Waals surface area (Å²) in [7, 11) is 0. The molecular formula is C19H21N3O4. The normalized spacial score (nSPS) is 17.3. The summed E-state index contributed by atoms with van der Waals surface area (Å²) in [5, 5.41) is 9.78. The number of aromatic nitrogens is 1. The molecule has 1 aliphatic heterocycles. The van der Waals surface area contributed by atoms with Crippen molar-refractivity contribution >= 4 is 23.5 Å². The summed E-state index contributed by atoms with van der Waals surface area (Å²) in [5.74, 6) is -0.746. The van der Waals surface area contributed by atoms with Crippen LogP contribution in [0.4, 0.5) is 11.6 Å². The number of carbonyl (C=O) groups is 2. The minimum atomic E-state index is -1.08. The molecule has 3 rings (SSSR count). The van der Waals surface area contributed by atoms with Crippen LogP contribution in [0.2, 0.25) is 0 Å². The van der Waals surface area contributed by atoms with E-state index in [0.29, 0.717) is 18.6 Å². The van der Waals surface area contributed by atoms with Gasteiger partial charge in [-0.05, 0) is 37.0 Å². The second kappa shape index (κ2) is 7.43. The zero-order chi connectivity index (χ0) is 18.7. The molecule has 7 nitrogen and oxygen atoms in total. The standard InChI is InChI=1S/C19H21N3O4/c1-2-14-18(23)22(17-15(26-14)10-11-16(20)21-17)13(19(24)25)9-8-12-6-4-3-5-7-12/h3-7,10-11,13-14H,2,8-9H2,1H3,(H2,20,21)(H,24,25). The first-order chi connectivity index (χ1) is 12.5. The number of pyridine rings is 1. The monoisotopic (exact) mass is 355 g/mol. The fourth-order valence-corrected chi connectivity index (χ4v) is 3.05. The summed E-state index contributed by atoms with van der Waals surface area (Å²) in [6.45, 7) is 1.82. The van der Waals surface area contributed by atoms with Crippen molar-refractivity contribution in [1.82, 2.24) is 4.98 Å². The number of aliphatic carboxylic acids is 1. The number of aryl methyl sites for hydroxylation is 1. The van der Waals surface area contributed by atoms with Crippen LogP contribution in [0, 0.1) is 0 Å². The molecule has 2 unspecified atom stereocenters. The van der Waals surface area contributed by atoms with Crippen LogP contribution in [-0.4, -0.2) is 34.1 Å². The molecule has 1 aliphatic rings. The first kappa shape index (κ1) is 17.7. The van der Waals surface area contributed by atoms with Crippen molar-refractivity contribution in [1.29, 1.82) is 0 Å². The van der Waals surface area contributed by atoms with Crippen molar-refractivity contribution in [3.8, 4) is 5.75 Å². The van der Waals surface area contributed by atoms with Crippen LogP contribution in [0.15, 0.2) is 42.5 Å². The summed E-state index contributed by atoms with van der Waals surface area (Å²) in [6, 6.07) is 11.7. The van der Waals surface area contributed by atoms with Crippen LogP contribution in [0.3, 0.4) is 0 Å². The molecule has 0 saturated heterocycles. The molecule has 26 heavy (non-hydrogen) atoms. The summed E-state index contributed by atoms with van der Waals surface area (Å²) in [6.07, 6.45) is 0.491. The number of rotatable bonds is 6. The Kier molecular flexibility index (Phi) is 5.06. The molecule has 1 aromatic heterocycles. The average Bonchev–Trinajstić information content (AvgIpc) is 2.64. The number of nitrogen functional groups attached to an aromatic ring is 1. The van der Waals surface area contributed by atoms with E-state index in [1.165, 1.54) is 4.90 Å². The molecule has 0 bridgehead atoms. The smallest absolute Gasteiger partial charge is 0.326 e. The highest BCUT2D eigenvalue weighted by Gasteiger charge is 2.41. The Morgan fingerprint density at radius 1 is 1.31 bits per heavy atom. The molecule has 2 aromatic rings. The number of carboxylic acid groups (broad SMARTS) is 1. The number of hydrogen-bond acceptors (Lipinski definition) is 5. The van der Waals surface area contributed by atoms with Gasteiger partial charge in [0.15, 0.2) is 17.7 Å². The lowest BCUT2D eigenvalue weighted by atomic mass is 10.0. The van der Waals surface area contributed by atoms with Gasteiger partial charge in [0.2, 0.25) is 0 Å². The van der Waals surface area contributed by atoms with E-state index in [0.717, 1.165) is 5.56 Å². The Labute approximate surface area is 151 Å². The molecule has 2 atom stereocenters. The van der Waals surface area contributed by atoms with E-state index in [2.05, 4.69) is 4.98 Å². The van der Waals surface area contributed by atoms with Crippen molar-refractivity contribution in [2.75, 3.05) is 10.6 Å². The number of anilines is 2. The minimum absolute atomic E-state index is 0.167. The number of hydrogen-bond donors (Lipinski definition) is 2. The molecule has 3 N–H and O–H groups in total. The van der Waals surface area contributed by atoms with Gasteiger partial charge in [-0.3, -0.25) is 9.69 Å². The molecule has 0 saturated carbocycles. The first-order valence-electron chi connectivity index (χ1n) is 8.54. The summed E-state index contributed by atoms with van der Waals surface area (Å²) >= 11 is 0. The van der Waals surface area contributed by atoms with Crippen LogP contribution in [0.5, 0.6) is 5.75 Å². The maximum atomic E-state index is 12.8. The third kappa shape index (κ3) is 3.46. The molecule has 136 valence electrons. The van der Waals surface area contributed by atoms with Gasteiger partial charge in [0.1, 0.15) is 11.9 Å². The predicted molar refractivity (Wildman–Crippen MR) is 97.0 cm³/mol. The molecule has 0 fully saturated rings. The Hall–Kier alpha value is -3.09. The quantitative estimate of drug-likeness (QED) is 0.823. The zero-order valence-electron chi connectivity index (χ0n) is 14.5. The summed E-state index contributed by atoms with van der Waals surface area (Å²) in [4.78, 5) is 30.2. The largest absolute Gasteiger partial charge is 0.480 e.